The molecule has 2 rings (SSSR count). The number of benzene rings is 1. The van der Waals surface area contributed by atoms with Gasteiger partial charge in [-0.2, -0.15) is 0 Å². The van der Waals surface area contributed by atoms with Gasteiger partial charge in [-0.15, -0.1) is 0 Å². The minimum atomic E-state index is 0.431. The molecule has 0 aliphatic heterocycles. The number of hydrogen-bond acceptors (Lipinski definition) is 3. The molecule has 0 atom stereocenters. The van der Waals surface area contributed by atoms with Gasteiger partial charge in [0.2, 0.25) is 0 Å². The number of aryl methyl sites for hydroxylation is 1. The van der Waals surface area contributed by atoms with Gasteiger partial charge in [-0.3, -0.25) is 0 Å². The lowest BCUT2D eigenvalue weighted by molar-refractivity contribution is 0.261. The van der Waals surface area contributed by atoms with Crippen molar-refractivity contribution in [1.82, 2.24) is 5.16 Å². The van der Waals surface area contributed by atoms with Crippen LogP contribution in [0.3, 0.4) is 0 Å². The van der Waals surface area contributed by atoms with E-state index in [1.807, 2.05) is 31.2 Å². The van der Waals surface area contributed by atoms with Crippen LogP contribution in [0.2, 0.25) is 0 Å². The third kappa shape index (κ3) is 1.62. The SMILES string of the molecule is COc1cc(-c2ccc(C)cc2)no1. The van der Waals surface area contributed by atoms with Crippen LogP contribution >= 0.6 is 0 Å². The standard InChI is InChI=1S/C11H11NO2/c1-8-3-5-9(6-4-8)10-7-11(13-2)14-12-10/h3-7H,1-2H3. The monoisotopic (exact) mass is 189 g/mol. The largest absolute Gasteiger partial charge is 0.467 e. The Bertz CT molecular complexity index is 417. The average molecular weight is 189 g/mol. The van der Waals surface area contributed by atoms with Crippen molar-refractivity contribution in [2.75, 3.05) is 7.11 Å². The lowest BCUT2D eigenvalue weighted by Gasteiger charge is -1.94. The molecule has 0 fully saturated rings. The van der Waals surface area contributed by atoms with E-state index in [2.05, 4.69) is 5.16 Å². The summed E-state index contributed by atoms with van der Waals surface area (Å²) in [5.41, 5.74) is 3.05. The van der Waals surface area contributed by atoms with E-state index in [1.54, 1.807) is 13.2 Å². The minimum Gasteiger partial charge on any atom is -0.467 e. The van der Waals surface area contributed by atoms with Crippen LogP contribution in [0.1, 0.15) is 5.56 Å². The molecule has 0 saturated heterocycles. The van der Waals surface area contributed by atoms with Gasteiger partial charge in [0.25, 0.3) is 0 Å². The third-order valence-electron chi connectivity index (χ3n) is 2.04. The smallest absolute Gasteiger partial charge is 0.311 e. The van der Waals surface area contributed by atoms with Gasteiger partial charge in [0, 0.05) is 5.56 Å². The summed E-state index contributed by atoms with van der Waals surface area (Å²) in [6, 6.07) is 9.86. The fraction of sp³-hybridized carbons (Fsp3) is 0.182. The van der Waals surface area contributed by atoms with Gasteiger partial charge in [0.15, 0.2) is 0 Å². The van der Waals surface area contributed by atoms with Crippen molar-refractivity contribution in [3.8, 4) is 17.2 Å². The van der Waals surface area contributed by atoms with Crippen LogP contribution in [0.5, 0.6) is 5.95 Å². The van der Waals surface area contributed by atoms with Gasteiger partial charge in [-0.1, -0.05) is 35.0 Å². The summed E-state index contributed by atoms with van der Waals surface area (Å²) in [5, 5.41) is 3.89. The van der Waals surface area contributed by atoms with Crippen LogP contribution in [0.4, 0.5) is 0 Å². The Morgan fingerprint density at radius 1 is 1.21 bits per heavy atom. The highest BCUT2D eigenvalue weighted by Gasteiger charge is 2.05. The van der Waals surface area contributed by atoms with Crippen LogP contribution in [0, 0.1) is 6.92 Å². The molecule has 1 heterocycles. The second kappa shape index (κ2) is 3.54. The van der Waals surface area contributed by atoms with Crippen LogP contribution in [-0.2, 0) is 0 Å². The zero-order chi connectivity index (χ0) is 9.97. The third-order valence-corrected chi connectivity index (χ3v) is 2.04. The Labute approximate surface area is 82.3 Å². The molecule has 0 bridgehead atoms. The van der Waals surface area contributed by atoms with Crippen LogP contribution < -0.4 is 4.74 Å². The number of rotatable bonds is 2. The summed E-state index contributed by atoms with van der Waals surface area (Å²) in [7, 11) is 1.55. The predicted molar refractivity (Wildman–Crippen MR) is 53.2 cm³/mol. The summed E-state index contributed by atoms with van der Waals surface area (Å²) in [4.78, 5) is 0. The molecule has 0 amide bonds. The molecular formula is C11H11NO2. The van der Waals surface area contributed by atoms with E-state index < -0.39 is 0 Å². The van der Waals surface area contributed by atoms with Gasteiger partial charge < -0.3 is 9.26 Å². The Hall–Kier alpha value is -1.77. The van der Waals surface area contributed by atoms with E-state index in [0.717, 1.165) is 11.3 Å². The molecule has 3 heteroatoms. The molecule has 0 saturated carbocycles. The Kier molecular flexibility index (Phi) is 2.23. The fourth-order valence-corrected chi connectivity index (χ4v) is 1.22. The Morgan fingerprint density at radius 2 is 1.93 bits per heavy atom. The molecule has 0 unspecified atom stereocenters. The van der Waals surface area contributed by atoms with Crippen LogP contribution in [0.25, 0.3) is 11.3 Å². The Morgan fingerprint density at radius 3 is 2.50 bits per heavy atom. The highest BCUT2D eigenvalue weighted by molar-refractivity contribution is 5.59. The lowest BCUT2D eigenvalue weighted by Crippen LogP contribution is -1.77. The summed E-state index contributed by atoms with van der Waals surface area (Å²) in [5.74, 6) is 0.431. The molecular weight excluding hydrogens is 178 g/mol. The summed E-state index contributed by atoms with van der Waals surface area (Å²) in [6.07, 6.45) is 0. The topological polar surface area (TPSA) is 35.3 Å². The van der Waals surface area contributed by atoms with E-state index in [1.165, 1.54) is 5.56 Å². The van der Waals surface area contributed by atoms with E-state index in [0.29, 0.717) is 5.95 Å². The number of hydrogen-bond donors (Lipinski definition) is 0. The van der Waals surface area contributed by atoms with E-state index in [-0.39, 0.29) is 0 Å². The average Bonchev–Trinajstić information content (AvgIpc) is 2.67. The predicted octanol–water partition coefficient (Wildman–Crippen LogP) is 2.66. The van der Waals surface area contributed by atoms with Gasteiger partial charge >= 0.3 is 5.95 Å². The molecule has 0 spiro atoms. The number of nitrogens with zero attached hydrogens (tertiary/aromatic N) is 1. The molecule has 0 aliphatic rings. The molecule has 0 N–H and O–H groups in total. The summed E-state index contributed by atoms with van der Waals surface area (Å²) >= 11 is 0. The van der Waals surface area contributed by atoms with E-state index in [4.69, 9.17) is 9.26 Å². The van der Waals surface area contributed by atoms with Crippen molar-refractivity contribution in [3.63, 3.8) is 0 Å². The van der Waals surface area contributed by atoms with Crippen molar-refractivity contribution >= 4 is 0 Å². The molecule has 1 aromatic heterocycles. The van der Waals surface area contributed by atoms with Crippen molar-refractivity contribution in [2.24, 2.45) is 0 Å². The molecule has 14 heavy (non-hydrogen) atoms. The zero-order valence-corrected chi connectivity index (χ0v) is 8.15. The van der Waals surface area contributed by atoms with Crippen molar-refractivity contribution in [1.29, 1.82) is 0 Å². The lowest BCUT2D eigenvalue weighted by atomic mass is 10.1. The minimum absolute atomic E-state index is 0.431. The molecule has 3 nitrogen and oxygen atoms in total. The van der Waals surface area contributed by atoms with Crippen LogP contribution in [-0.4, -0.2) is 12.3 Å². The van der Waals surface area contributed by atoms with Crippen molar-refractivity contribution < 1.29 is 9.26 Å². The first kappa shape index (κ1) is 8.81. The normalized spacial score (nSPS) is 10.1. The number of ether oxygens (including phenoxy) is 1. The highest BCUT2D eigenvalue weighted by atomic mass is 16.6. The maximum Gasteiger partial charge on any atom is 0.311 e. The first-order chi connectivity index (χ1) is 6.79. The number of methoxy groups -OCH3 is 1. The zero-order valence-electron chi connectivity index (χ0n) is 8.15. The molecule has 1 aromatic carbocycles. The van der Waals surface area contributed by atoms with Gasteiger partial charge in [0.05, 0.1) is 13.2 Å². The second-order valence-electron chi connectivity index (χ2n) is 3.10. The maximum absolute atomic E-state index is 4.93. The summed E-state index contributed by atoms with van der Waals surface area (Å²) in [6.45, 7) is 2.05. The first-order valence-electron chi connectivity index (χ1n) is 4.37. The van der Waals surface area contributed by atoms with Crippen molar-refractivity contribution in [2.45, 2.75) is 6.92 Å². The van der Waals surface area contributed by atoms with Crippen LogP contribution in [0.15, 0.2) is 34.9 Å². The summed E-state index contributed by atoms with van der Waals surface area (Å²) < 4.78 is 9.84. The molecule has 72 valence electrons. The van der Waals surface area contributed by atoms with E-state index in [9.17, 15) is 0 Å². The molecule has 2 aromatic rings. The van der Waals surface area contributed by atoms with E-state index >= 15 is 0 Å². The van der Waals surface area contributed by atoms with Crippen molar-refractivity contribution in [3.05, 3.63) is 35.9 Å². The van der Waals surface area contributed by atoms with Gasteiger partial charge in [-0.25, -0.2) is 0 Å². The molecule has 0 radical (unpaired) electrons. The maximum atomic E-state index is 4.93. The Balaban J connectivity index is 2.34. The quantitative estimate of drug-likeness (QED) is 0.728. The first-order valence-corrected chi connectivity index (χ1v) is 4.37. The number of aromatic nitrogens is 1. The second-order valence-corrected chi connectivity index (χ2v) is 3.10. The molecule has 0 aliphatic carbocycles. The van der Waals surface area contributed by atoms with Gasteiger partial charge in [-0.05, 0) is 6.92 Å². The van der Waals surface area contributed by atoms with Gasteiger partial charge in [0.1, 0.15) is 5.69 Å². The highest BCUT2D eigenvalue weighted by Crippen LogP contribution is 2.22. The fourth-order valence-electron chi connectivity index (χ4n) is 1.22.